The van der Waals surface area contributed by atoms with Crippen molar-refractivity contribution < 1.29 is 14.3 Å². The number of benzene rings is 2. The molecule has 0 aromatic heterocycles. The smallest absolute Gasteiger partial charge is 0.225 e. The fraction of sp³-hybridized carbons (Fsp3) is 0.250. The van der Waals surface area contributed by atoms with Crippen LogP contribution in [0.15, 0.2) is 71.3 Å². The van der Waals surface area contributed by atoms with Crippen molar-refractivity contribution in [3.8, 4) is 17.6 Å². The lowest BCUT2D eigenvalue weighted by atomic mass is 9.87. The number of amides is 1. The number of nitrogens with zero attached hydrogens (tertiary/aromatic N) is 1. The van der Waals surface area contributed by atoms with Crippen molar-refractivity contribution >= 4 is 17.7 Å². The highest BCUT2D eigenvalue weighted by Crippen LogP contribution is 2.39. The number of nitriles is 1. The molecule has 6 heteroatoms. The van der Waals surface area contributed by atoms with Crippen molar-refractivity contribution in [2.45, 2.75) is 25.9 Å². The largest absolute Gasteiger partial charge is 0.493 e. The second kappa shape index (κ2) is 10.0. The van der Waals surface area contributed by atoms with E-state index in [0.29, 0.717) is 34.5 Å². The van der Waals surface area contributed by atoms with Gasteiger partial charge in [-0.1, -0.05) is 48.6 Å². The van der Waals surface area contributed by atoms with E-state index < -0.39 is 0 Å². The van der Waals surface area contributed by atoms with Crippen LogP contribution in [-0.4, -0.2) is 18.8 Å². The average molecular weight is 421 g/mol. The predicted molar refractivity (Wildman–Crippen MR) is 119 cm³/mol. The van der Waals surface area contributed by atoms with Crippen molar-refractivity contribution in [3.63, 3.8) is 0 Å². The lowest BCUT2D eigenvalue weighted by Crippen LogP contribution is -2.31. The van der Waals surface area contributed by atoms with Gasteiger partial charge in [-0.2, -0.15) is 5.26 Å². The summed E-state index contributed by atoms with van der Waals surface area (Å²) in [7, 11) is 1.59. The predicted octanol–water partition coefficient (Wildman–Crippen LogP) is 4.92. The summed E-state index contributed by atoms with van der Waals surface area (Å²) in [6, 6.07) is 17.7. The Balaban J connectivity index is 1.91. The van der Waals surface area contributed by atoms with Crippen LogP contribution in [0, 0.1) is 11.3 Å². The van der Waals surface area contributed by atoms with Crippen LogP contribution in [0.2, 0.25) is 0 Å². The maximum Gasteiger partial charge on any atom is 0.225 e. The summed E-state index contributed by atoms with van der Waals surface area (Å²) in [6.07, 6.45) is 0.213. The van der Waals surface area contributed by atoms with Crippen LogP contribution in [0.1, 0.15) is 30.4 Å². The minimum absolute atomic E-state index is 0.106. The number of methoxy groups -OCH3 is 1. The standard InChI is InChI=1S/C24H24N2O3S/c1-16(2)15-30-24-20(13-25)19(12-23(27)26-24)18-9-10-21(28-3)22(11-18)29-14-17-7-5-4-6-8-17/h4-11,19H,1,12,14-15H2,2-3H3,(H,26,27)/t19-/m1/s1. The summed E-state index contributed by atoms with van der Waals surface area (Å²) >= 11 is 1.43. The van der Waals surface area contributed by atoms with Gasteiger partial charge in [0.2, 0.25) is 5.91 Å². The van der Waals surface area contributed by atoms with Gasteiger partial charge in [-0.05, 0) is 30.2 Å². The number of carbonyl (C=O) groups excluding carboxylic acids is 1. The molecule has 1 N–H and O–H groups in total. The second-order valence-corrected chi connectivity index (χ2v) is 8.08. The van der Waals surface area contributed by atoms with Gasteiger partial charge >= 0.3 is 0 Å². The minimum atomic E-state index is -0.332. The molecule has 1 amide bonds. The van der Waals surface area contributed by atoms with Gasteiger partial charge in [-0.3, -0.25) is 4.79 Å². The van der Waals surface area contributed by atoms with Gasteiger partial charge in [0.1, 0.15) is 6.61 Å². The quantitative estimate of drug-likeness (QED) is 0.614. The lowest BCUT2D eigenvalue weighted by Gasteiger charge is -2.25. The van der Waals surface area contributed by atoms with Crippen molar-refractivity contribution in [1.82, 2.24) is 5.32 Å². The summed E-state index contributed by atoms with van der Waals surface area (Å²) in [5.41, 5.74) is 3.42. The Morgan fingerprint density at radius 3 is 2.70 bits per heavy atom. The highest BCUT2D eigenvalue weighted by atomic mass is 32.2. The molecule has 0 radical (unpaired) electrons. The Morgan fingerprint density at radius 2 is 2.03 bits per heavy atom. The molecule has 1 aliphatic rings. The van der Waals surface area contributed by atoms with Crippen molar-refractivity contribution in [3.05, 3.63) is 82.4 Å². The number of allylic oxidation sites excluding steroid dienone is 1. The van der Waals surface area contributed by atoms with Crippen molar-refractivity contribution in [2.24, 2.45) is 0 Å². The van der Waals surface area contributed by atoms with Gasteiger partial charge in [0.25, 0.3) is 0 Å². The summed E-state index contributed by atoms with van der Waals surface area (Å²) < 4.78 is 11.4. The van der Waals surface area contributed by atoms with Crippen molar-refractivity contribution in [1.29, 1.82) is 5.26 Å². The molecule has 30 heavy (non-hydrogen) atoms. The first-order valence-corrected chi connectivity index (χ1v) is 10.6. The highest BCUT2D eigenvalue weighted by molar-refractivity contribution is 8.03. The van der Waals surface area contributed by atoms with Gasteiger partial charge in [0.05, 0.1) is 23.8 Å². The van der Waals surface area contributed by atoms with Crippen LogP contribution in [0.3, 0.4) is 0 Å². The first-order chi connectivity index (χ1) is 14.5. The van der Waals surface area contributed by atoms with Gasteiger partial charge < -0.3 is 14.8 Å². The van der Waals surface area contributed by atoms with E-state index in [2.05, 4.69) is 18.0 Å². The van der Waals surface area contributed by atoms with Gasteiger partial charge in [-0.15, -0.1) is 11.8 Å². The number of nitrogens with one attached hydrogen (secondary N) is 1. The number of hydrogen-bond acceptors (Lipinski definition) is 5. The molecule has 0 unspecified atom stereocenters. The number of thioether (sulfide) groups is 1. The Hall–Kier alpha value is -3.17. The van der Waals surface area contributed by atoms with Crippen LogP contribution >= 0.6 is 11.8 Å². The van der Waals surface area contributed by atoms with Crippen LogP contribution in [-0.2, 0) is 11.4 Å². The molecule has 5 nitrogen and oxygen atoms in total. The van der Waals surface area contributed by atoms with E-state index in [1.54, 1.807) is 7.11 Å². The Bertz CT molecular complexity index is 1010. The molecule has 1 atom stereocenters. The third-order valence-corrected chi connectivity index (χ3v) is 5.89. The average Bonchev–Trinajstić information content (AvgIpc) is 2.76. The zero-order valence-electron chi connectivity index (χ0n) is 17.1. The van der Waals surface area contributed by atoms with E-state index in [4.69, 9.17) is 9.47 Å². The number of hydrogen-bond donors (Lipinski definition) is 1. The van der Waals surface area contributed by atoms with Crippen LogP contribution in [0.25, 0.3) is 0 Å². The van der Waals surface area contributed by atoms with Crippen LogP contribution in [0.4, 0.5) is 0 Å². The minimum Gasteiger partial charge on any atom is -0.493 e. The Kier molecular flexibility index (Phi) is 7.21. The summed E-state index contributed by atoms with van der Waals surface area (Å²) in [4.78, 5) is 12.3. The first-order valence-electron chi connectivity index (χ1n) is 9.57. The molecule has 0 spiro atoms. The van der Waals surface area contributed by atoms with E-state index in [1.807, 2.05) is 55.5 Å². The molecule has 0 bridgehead atoms. The second-order valence-electron chi connectivity index (χ2n) is 7.09. The SMILES string of the molecule is C=C(C)CSC1=C(C#N)[C@@H](c2ccc(OC)c(OCc3ccccc3)c2)CC(=O)N1. The first kappa shape index (κ1) is 21.5. The normalized spacial score (nSPS) is 15.9. The van der Waals surface area contributed by atoms with Gasteiger partial charge in [-0.25, -0.2) is 0 Å². The van der Waals surface area contributed by atoms with Crippen LogP contribution < -0.4 is 14.8 Å². The molecule has 0 saturated heterocycles. The molecule has 2 aromatic carbocycles. The molecule has 0 fully saturated rings. The van der Waals surface area contributed by atoms with Crippen LogP contribution in [0.5, 0.6) is 11.5 Å². The third kappa shape index (κ3) is 5.25. The monoisotopic (exact) mass is 420 g/mol. The molecule has 1 heterocycles. The van der Waals surface area contributed by atoms with E-state index in [9.17, 15) is 10.1 Å². The Labute approximate surface area is 181 Å². The molecular formula is C24H24N2O3S. The molecule has 1 aliphatic heterocycles. The number of rotatable bonds is 8. The van der Waals surface area contributed by atoms with E-state index in [-0.39, 0.29) is 18.2 Å². The van der Waals surface area contributed by atoms with E-state index >= 15 is 0 Å². The number of carbonyl (C=O) groups is 1. The molecule has 2 aromatic rings. The maximum absolute atomic E-state index is 12.3. The zero-order valence-corrected chi connectivity index (χ0v) is 17.9. The van der Waals surface area contributed by atoms with E-state index in [1.165, 1.54) is 11.8 Å². The lowest BCUT2D eigenvalue weighted by molar-refractivity contribution is -0.120. The zero-order chi connectivity index (χ0) is 21.5. The highest BCUT2D eigenvalue weighted by Gasteiger charge is 2.30. The number of ether oxygens (including phenoxy) is 2. The Morgan fingerprint density at radius 1 is 1.27 bits per heavy atom. The maximum atomic E-state index is 12.3. The fourth-order valence-electron chi connectivity index (χ4n) is 3.17. The summed E-state index contributed by atoms with van der Waals surface area (Å²) in [5, 5.41) is 13.3. The molecule has 3 rings (SSSR count). The van der Waals surface area contributed by atoms with Crippen molar-refractivity contribution in [2.75, 3.05) is 12.9 Å². The molecule has 0 saturated carbocycles. The molecule has 154 valence electrons. The summed E-state index contributed by atoms with van der Waals surface area (Å²) in [6.45, 7) is 6.21. The topological polar surface area (TPSA) is 71.3 Å². The third-order valence-electron chi connectivity index (χ3n) is 4.65. The molecular weight excluding hydrogens is 396 g/mol. The summed E-state index contributed by atoms with van der Waals surface area (Å²) in [5.74, 6) is 1.39. The van der Waals surface area contributed by atoms with E-state index in [0.717, 1.165) is 16.7 Å². The molecule has 0 aliphatic carbocycles. The van der Waals surface area contributed by atoms with Gasteiger partial charge in [0.15, 0.2) is 11.5 Å². The fourth-order valence-corrected chi connectivity index (χ4v) is 4.09. The van der Waals surface area contributed by atoms with Gasteiger partial charge in [0, 0.05) is 18.1 Å².